The molecule has 3 heteroatoms. The maximum atomic E-state index is 8.36. The van der Waals surface area contributed by atoms with Crippen molar-refractivity contribution in [2.75, 3.05) is 26.2 Å². The van der Waals surface area contributed by atoms with E-state index in [-0.39, 0.29) is 6.61 Å². The Morgan fingerprint density at radius 3 is 2.44 bits per heavy atom. The smallest absolute Gasteiger partial charge is 0.0443 e. The van der Waals surface area contributed by atoms with Crippen LogP contribution in [0.2, 0.25) is 0 Å². The molecule has 0 aromatic heterocycles. The minimum absolute atomic E-state index is 0.273. The lowest BCUT2D eigenvalue weighted by Gasteiger charge is -1.99. The third-order valence-electron chi connectivity index (χ3n) is 1.07. The molecular formula is C6H16N2O. The van der Waals surface area contributed by atoms with Crippen molar-refractivity contribution in [3.05, 3.63) is 0 Å². The lowest BCUT2D eigenvalue weighted by molar-refractivity contribution is 0.286. The van der Waals surface area contributed by atoms with Gasteiger partial charge in [-0.25, -0.2) is 0 Å². The largest absolute Gasteiger partial charge is 0.396 e. The first-order valence-corrected chi connectivity index (χ1v) is 3.43. The molecule has 0 bridgehead atoms. The van der Waals surface area contributed by atoms with Gasteiger partial charge in [-0.3, -0.25) is 0 Å². The highest BCUT2D eigenvalue weighted by atomic mass is 16.3. The van der Waals surface area contributed by atoms with Crippen molar-refractivity contribution in [2.24, 2.45) is 5.73 Å². The van der Waals surface area contributed by atoms with Crippen molar-refractivity contribution in [3.63, 3.8) is 0 Å². The highest BCUT2D eigenvalue weighted by molar-refractivity contribution is 4.46. The molecule has 0 unspecified atom stereocenters. The zero-order valence-electron chi connectivity index (χ0n) is 5.77. The number of nitrogens with one attached hydrogen (secondary N) is 1. The summed E-state index contributed by atoms with van der Waals surface area (Å²) in [6, 6.07) is 0. The van der Waals surface area contributed by atoms with Gasteiger partial charge in [-0.2, -0.15) is 0 Å². The van der Waals surface area contributed by atoms with Gasteiger partial charge in [0.05, 0.1) is 0 Å². The molecule has 0 rings (SSSR count). The Kier molecular flexibility index (Phi) is 7.77. The minimum Gasteiger partial charge on any atom is -0.396 e. The van der Waals surface area contributed by atoms with Gasteiger partial charge in [0, 0.05) is 6.61 Å². The Bertz CT molecular complexity index is 44.3. The fraction of sp³-hybridized carbons (Fsp3) is 1.00. The van der Waals surface area contributed by atoms with E-state index in [1.807, 2.05) is 0 Å². The molecule has 0 radical (unpaired) electrons. The van der Waals surface area contributed by atoms with Crippen LogP contribution in [-0.4, -0.2) is 31.3 Å². The molecule has 0 atom stereocenters. The second kappa shape index (κ2) is 7.88. The highest BCUT2D eigenvalue weighted by Crippen LogP contribution is 1.73. The highest BCUT2D eigenvalue weighted by Gasteiger charge is 1.83. The standard InChI is InChI=1S/C6H16N2O/c7-3-1-4-8-5-2-6-9/h8-9H,1-7H2. The van der Waals surface area contributed by atoms with Crippen molar-refractivity contribution in [3.8, 4) is 0 Å². The van der Waals surface area contributed by atoms with Crippen molar-refractivity contribution >= 4 is 0 Å². The predicted octanol–water partition coefficient (Wildman–Crippen LogP) is -0.693. The fourth-order valence-corrected chi connectivity index (χ4v) is 0.556. The van der Waals surface area contributed by atoms with Crippen molar-refractivity contribution in [1.29, 1.82) is 0 Å². The van der Waals surface area contributed by atoms with Crippen molar-refractivity contribution < 1.29 is 5.11 Å². The summed E-state index contributed by atoms with van der Waals surface area (Å²) in [5, 5.41) is 11.5. The Morgan fingerprint density at radius 2 is 1.89 bits per heavy atom. The second-order valence-electron chi connectivity index (χ2n) is 1.97. The van der Waals surface area contributed by atoms with Gasteiger partial charge in [0.2, 0.25) is 0 Å². The van der Waals surface area contributed by atoms with Gasteiger partial charge in [0.25, 0.3) is 0 Å². The predicted molar refractivity (Wildman–Crippen MR) is 38.2 cm³/mol. The van der Waals surface area contributed by atoms with Crippen LogP contribution < -0.4 is 11.1 Å². The SMILES string of the molecule is NCCCNCCCO. The monoisotopic (exact) mass is 132 g/mol. The molecule has 0 saturated carbocycles. The van der Waals surface area contributed by atoms with Crippen LogP contribution in [0.4, 0.5) is 0 Å². The molecule has 0 spiro atoms. The van der Waals surface area contributed by atoms with Crippen molar-refractivity contribution in [2.45, 2.75) is 12.8 Å². The lowest BCUT2D eigenvalue weighted by Crippen LogP contribution is -2.19. The average molecular weight is 132 g/mol. The summed E-state index contributed by atoms with van der Waals surface area (Å²) in [5.74, 6) is 0. The molecule has 56 valence electrons. The Morgan fingerprint density at radius 1 is 1.22 bits per heavy atom. The molecule has 0 heterocycles. The maximum absolute atomic E-state index is 8.36. The Balaban J connectivity index is 2.60. The van der Waals surface area contributed by atoms with Crippen LogP contribution in [0.5, 0.6) is 0 Å². The summed E-state index contributed by atoms with van der Waals surface area (Å²) in [6.45, 7) is 2.88. The van der Waals surface area contributed by atoms with Crippen molar-refractivity contribution in [1.82, 2.24) is 5.32 Å². The summed E-state index contributed by atoms with van der Waals surface area (Å²) in [6.07, 6.45) is 1.86. The van der Waals surface area contributed by atoms with Gasteiger partial charge < -0.3 is 16.2 Å². The normalized spacial score (nSPS) is 10.0. The van der Waals surface area contributed by atoms with Gasteiger partial charge in [-0.05, 0) is 32.5 Å². The number of hydrogen-bond acceptors (Lipinski definition) is 3. The molecule has 0 aliphatic heterocycles. The first-order valence-electron chi connectivity index (χ1n) is 3.43. The summed E-state index contributed by atoms with van der Waals surface area (Å²) < 4.78 is 0. The van der Waals surface area contributed by atoms with Crippen LogP contribution in [0.15, 0.2) is 0 Å². The van der Waals surface area contributed by atoms with E-state index < -0.39 is 0 Å². The quantitative estimate of drug-likeness (QED) is 0.419. The molecule has 0 aliphatic carbocycles. The van der Waals surface area contributed by atoms with Gasteiger partial charge in [0.1, 0.15) is 0 Å². The van der Waals surface area contributed by atoms with E-state index in [1.54, 1.807) is 0 Å². The maximum Gasteiger partial charge on any atom is 0.0443 e. The van der Waals surface area contributed by atoms with E-state index in [2.05, 4.69) is 5.32 Å². The molecular weight excluding hydrogens is 116 g/mol. The number of nitrogens with two attached hydrogens (primary N) is 1. The van der Waals surface area contributed by atoms with Crippen LogP contribution >= 0.6 is 0 Å². The molecule has 9 heavy (non-hydrogen) atoms. The fourth-order valence-electron chi connectivity index (χ4n) is 0.556. The minimum atomic E-state index is 0.273. The molecule has 0 aromatic carbocycles. The zero-order chi connectivity index (χ0) is 6.95. The zero-order valence-corrected chi connectivity index (χ0v) is 5.77. The van der Waals surface area contributed by atoms with E-state index in [4.69, 9.17) is 10.8 Å². The number of rotatable bonds is 6. The second-order valence-corrected chi connectivity index (χ2v) is 1.97. The molecule has 0 saturated heterocycles. The van der Waals surface area contributed by atoms with E-state index in [9.17, 15) is 0 Å². The van der Waals surface area contributed by atoms with E-state index >= 15 is 0 Å². The third-order valence-corrected chi connectivity index (χ3v) is 1.07. The van der Waals surface area contributed by atoms with Gasteiger partial charge >= 0.3 is 0 Å². The molecule has 0 amide bonds. The topological polar surface area (TPSA) is 58.3 Å². The number of aliphatic hydroxyl groups is 1. The van der Waals surface area contributed by atoms with Gasteiger partial charge in [-0.1, -0.05) is 0 Å². The third kappa shape index (κ3) is 7.88. The van der Waals surface area contributed by atoms with E-state index in [1.165, 1.54) is 0 Å². The summed E-state index contributed by atoms with van der Waals surface area (Å²) in [5.41, 5.74) is 5.25. The van der Waals surface area contributed by atoms with Crippen LogP contribution in [0, 0.1) is 0 Å². The number of aliphatic hydroxyl groups excluding tert-OH is 1. The number of hydrogen-bond donors (Lipinski definition) is 3. The Hall–Kier alpha value is -0.120. The summed E-state index contributed by atoms with van der Waals surface area (Å²) >= 11 is 0. The first-order chi connectivity index (χ1) is 4.41. The van der Waals surface area contributed by atoms with Crippen LogP contribution in [0.3, 0.4) is 0 Å². The molecule has 0 fully saturated rings. The van der Waals surface area contributed by atoms with Gasteiger partial charge in [-0.15, -0.1) is 0 Å². The van der Waals surface area contributed by atoms with Gasteiger partial charge in [0.15, 0.2) is 0 Å². The van der Waals surface area contributed by atoms with Crippen LogP contribution in [-0.2, 0) is 0 Å². The average Bonchev–Trinajstić information content (AvgIpc) is 1.89. The molecule has 3 nitrogen and oxygen atoms in total. The molecule has 4 N–H and O–H groups in total. The summed E-state index contributed by atoms with van der Waals surface area (Å²) in [4.78, 5) is 0. The molecule has 0 aromatic rings. The molecule has 0 aliphatic rings. The first kappa shape index (κ1) is 8.88. The van der Waals surface area contributed by atoms with E-state index in [0.29, 0.717) is 0 Å². The van der Waals surface area contributed by atoms with Crippen LogP contribution in [0.25, 0.3) is 0 Å². The lowest BCUT2D eigenvalue weighted by atomic mass is 10.4. The van der Waals surface area contributed by atoms with E-state index in [0.717, 1.165) is 32.5 Å². The van der Waals surface area contributed by atoms with Crippen LogP contribution in [0.1, 0.15) is 12.8 Å². The summed E-state index contributed by atoms with van der Waals surface area (Å²) in [7, 11) is 0. The Labute approximate surface area is 56.2 Å².